The minimum atomic E-state index is -3.40. The fraction of sp³-hybridized carbons (Fsp3) is 0.650. The number of unbranched alkanes of at least 4 members (excludes halogenated alkanes) is 1. The molecule has 1 aromatic carbocycles. The van der Waals surface area contributed by atoms with Crippen molar-refractivity contribution in [3.05, 3.63) is 29.8 Å². The fourth-order valence-electron chi connectivity index (χ4n) is 3.81. The molecule has 1 aromatic rings. The predicted octanol–water partition coefficient (Wildman–Crippen LogP) is 2.97. The number of sulfone groups is 1. The van der Waals surface area contributed by atoms with Crippen molar-refractivity contribution < 1.29 is 13.2 Å². The zero-order valence-electron chi connectivity index (χ0n) is 16.2. The van der Waals surface area contributed by atoms with Gasteiger partial charge < -0.3 is 10.2 Å². The monoisotopic (exact) mass is 380 g/mol. The Morgan fingerprint density at radius 3 is 2.46 bits per heavy atom. The summed E-state index contributed by atoms with van der Waals surface area (Å²) in [5, 5.41) is 2.87. The highest BCUT2D eigenvalue weighted by molar-refractivity contribution is 7.91. The largest absolute Gasteiger partial charge is 0.352 e. The lowest BCUT2D eigenvalue weighted by Crippen LogP contribution is -2.39. The molecule has 6 heteroatoms. The van der Waals surface area contributed by atoms with E-state index in [2.05, 4.69) is 24.1 Å². The van der Waals surface area contributed by atoms with Crippen LogP contribution in [0.4, 0.5) is 0 Å². The lowest BCUT2D eigenvalue weighted by molar-refractivity contribution is 0.0948. The Morgan fingerprint density at radius 2 is 1.81 bits per heavy atom. The first kappa shape index (κ1) is 20.9. The van der Waals surface area contributed by atoms with Gasteiger partial charge in [-0.15, -0.1) is 0 Å². The van der Waals surface area contributed by atoms with Crippen LogP contribution in [0.1, 0.15) is 50.4 Å². The summed E-state index contributed by atoms with van der Waals surface area (Å²) >= 11 is 0. The van der Waals surface area contributed by atoms with Gasteiger partial charge in [0.1, 0.15) is 0 Å². The molecule has 1 saturated heterocycles. The van der Waals surface area contributed by atoms with E-state index in [0.29, 0.717) is 6.54 Å². The molecule has 0 bridgehead atoms. The Morgan fingerprint density at radius 1 is 1.15 bits per heavy atom. The number of rotatable bonds is 8. The highest BCUT2D eigenvalue weighted by Gasteiger charge is 2.22. The number of likely N-dealkylation sites (tertiary alicyclic amines) is 1. The van der Waals surface area contributed by atoms with Crippen LogP contribution in [0.5, 0.6) is 0 Å². The van der Waals surface area contributed by atoms with Gasteiger partial charge in [-0.1, -0.05) is 32.9 Å². The number of nitrogens with zero attached hydrogens (tertiary/aromatic N) is 1. The predicted molar refractivity (Wildman–Crippen MR) is 105 cm³/mol. The highest BCUT2D eigenvalue weighted by Crippen LogP contribution is 2.21. The summed E-state index contributed by atoms with van der Waals surface area (Å²) in [7, 11) is -3.40. The summed E-state index contributed by atoms with van der Waals surface area (Å²) in [5.41, 5.74) is 0.244. The Labute approximate surface area is 158 Å². The van der Waals surface area contributed by atoms with Gasteiger partial charge in [0, 0.05) is 19.6 Å². The molecule has 0 aliphatic carbocycles. The molecule has 146 valence electrons. The van der Waals surface area contributed by atoms with E-state index in [1.165, 1.54) is 25.6 Å². The van der Waals surface area contributed by atoms with E-state index in [0.717, 1.165) is 31.2 Å². The van der Waals surface area contributed by atoms with E-state index in [4.69, 9.17) is 0 Å². The topological polar surface area (TPSA) is 66.5 Å². The number of hydrogen-bond acceptors (Lipinski definition) is 4. The molecule has 0 spiro atoms. The Bertz CT molecular complexity index is 693. The van der Waals surface area contributed by atoms with Crippen molar-refractivity contribution in [2.75, 3.05) is 31.9 Å². The maximum atomic E-state index is 12.4. The minimum absolute atomic E-state index is 0.00995. The van der Waals surface area contributed by atoms with Crippen LogP contribution >= 0.6 is 0 Å². The van der Waals surface area contributed by atoms with Crippen LogP contribution in [-0.4, -0.2) is 51.2 Å². The molecule has 0 saturated carbocycles. The fourth-order valence-corrected chi connectivity index (χ4v) is 4.91. The quantitative estimate of drug-likeness (QED) is 0.704. The molecule has 1 aliphatic rings. The smallest absolute Gasteiger partial charge is 0.252 e. The highest BCUT2D eigenvalue weighted by atomic mass is 32.2. The van der Waals surface area contributed by atoms with Crippen molar-refractivity contribution in [2.24, 2.45) is 11.8 Å². The first-order chi connectivity index (χ1) is 12.3. The number of hydrogen-bond donors (Lipinski definition) is 1. The maximum absolute atomic E-state index is 12.4. The van der Waals surface area contributed by atoms with Crippen molar-refractivity contribution in [3.8, 4) is 0 Å². The third kappa shape index (κ3) is 5.81. The summed E-state index contributed by atoms with van der Waals surface area (Å²) in [6, 6.07) is 6.43. The van der Waals surface area contributed by atoms with Crippen LogP contribution in [0.25, 0.3) is 0 Å². The molecular formula is C20H32N2O3S. The van der Waals surface area contributed by atoms with Crippen molar-refractivity contribution in [2.45, 2.75) is 44.9 Å². The first-order valence-electron chi connectivity index (χ1n) is 9.65. The summed E-state index contributed by atoms with van der Waals surface area (Å²) in [5.74, 6) is 1.20. The molecule has 1 amide bonds. The van der Waals surface area contributed by atoms with E-state index in [1.54, 1.807) is 25.1 Å². The molecule has 1 heterocycles. The van der Waals surface area contributed by atoms with Gasteiger partial charge >= 0.3 is 0 Å². The van der Waals surface area contributed by atoms with Crippen molar-refractivity contribution in [3.63, 3.8) is 0 Å². The standard InChI is InChI=1S/C20H32N2O3S/c1-4-26(24,25)19-10-6-5-9-18(19)20(23)21-11-7-8-12-22-14-16(2)13-17(3)15-22/h5-6,9-10,16-17H,4,7-8,11-15H2,1-3H3,(H,21,23)/t16-,17-/m1/s1. The zero-order chi connectivity index (χ0) is 19.2. The number of nitrogens with one attached hydrogen (secondary N) is 1. The van der Waals surface area contributed by atoms with Crippen LogP contribution in [0.3, 0.4) is 0 Å². The lowest BCUT2D eigenvalue weighted by atomic mass is 9.92. The second-order valence-electron chi connectivity index (χ2n) is 7.57. The zero-order valence-corrected chi connectivity index (χ0v) is 17.0. The van der Waals surface area contributed by atoms with Crippen LogP contribution in [0.15, 0.2) is 29.2 Å². The molecule has 1 N–H and O–H groups in total. The van der Waals surface area contributed by atoms with E-state index >= 15 is 0 Å². The molecule has 1 fully saturated rings. The molecule has 2 atom stereocenters. The Kier molecular flexibility index (Phi) is 7.65. The van der Waals surface area contributed by atoms with Gasteiger partial charge in [-0.05, 0) is 49.8 Å². The lowest BCUT2D eigenvalue weighted by Gasteiger charge is -2.34. The SMILES string of the molecule is CCS(=O)(=O)c1ccccc1C(=O)NCCCCN1C[C@H](C)C[C@@H](C)C1. The van der Waals surface area contributed by atoms with Gasteiger partial charge in [0.15, 0.2) is 9.84 Å². The average Bonchev–Trinajstić information content (AvgIpc) is 2.60. The molecular weight excluding hydrogens is 348 g/mol. The third-order valence-electron chi connectivity index (χ3n) is 4.98. The van der Waals surface area contributed by atoms with E-state index in [1.807, 2.05) is 0 Å². The van der Waals surface area contributed by atoms with Crippen molar-refractivity contribution in [1.29, 1.82) is 0 Å². The van der Waals surface area contributed by atoms with Crippen LogP contribution < -0.4 is 5.32 Å². The normalized spacial score (nSPS) is 21.5. The first-order valence-corrected chi connectivity index (χ1v) is 11.3. The molecule has 2 rings (SSSR count). The molecule has 0 radical (unpaired) electrons. The molecule has 26 heavy (non-hydrogen) atoms. The van der Waals surface area contributed by atoms with Crippen LogP contribution in [-0.2, 0) is 9.84 Å². The number of amides is 1. The van der Waals surface area contributed by atoms with Gasteiger partial charge in [-0.2, -0.15) is 0 Å². The van der Waals surface area contributed by atoms with Gasteiger partial charge in [0.05, 0.1) is 16.2 Å². The van der Waals surface area contributed by atoms with E-state index < -0.39 is 9.84 Å². The van der Waals surface area contributed by atoms with Gasteiger partial charge in [0.2, 0.25) is 0 Å². The number of benzene rings is 1. The number of carbonyl (C=O) groups excluding carboxylic acids is 1. The van der Waals surface area contributed by atoms with Crippen LogP contribution in [0.2, 0.25) is 0 Å². The maximum Gasteiger partial charge on any atom is 0.252 e. The second kappa shape index (κ2) is 9.51. The second-order valence-corrected chi connectivity index (χ2v) is 9.81. The number of carbonyl (C=O) groups is 1. The molecule has 5 nitrogen and oxygen atoms in total. The van der Waals surface area contributed by atoms with E-state index in [9.17, 15) is 13.2 Å². The number of piperidine rings is 1. The van der Waals surface area contributed by atoms with Gasteiger partial charge in [0.25, 0.3) is 5.91 Å². The Hall–Kier alpha value is -1.40. The van der Waals surface area contributed by atoms with Crippen molar-refractivity contribution in [1.82, 2.24) is 10.2 Å². The van der Waals surface area contributed by atoms with Crippen LogP contribution in [0, 0.1) is 11.8 Å². The summed E-state index contributed by atoms with van der Waals surface area (Å²) < 4.78 is 24.3. The van der Waals surface area contributed by atoms with Gasteiger partial charge in [-0.25, -0.2) is 8.42 Å². The molecule has 1 aliphatic heterocycles. The summed E-state index contributed by atoms with van der Waals surface area (Å²) in [6.07, 6.45) is 3.24. The minimum Gasteiger partial charge on any atom is -0.352 e. The summed E-state index contributed by atoms with van der Waals surface area (Å²) in [6.45, 7) is 10.2. The van der Waals surface area contributed by atoms with Crippen molar-refractivity contribution >= 4 is 15.7 Å². The average molecular weight is 381 g/mol. The van der Waals surface area contributed by atoms with Gasteiger partial charge in [-0.3, -0.25) is 4.79 Å². The summed E-state index contributed by atoms with van der Waals surface area (Å²) in [4.78, 5) is 15.0. The van der Waals surface area contributed by atoms with E-state index in [-0.39, 0.29) is 22.1 Å². The third-order valence-corrected chi connectivity index (χ3v) is 6.76. The molecule has 0 unspecified atom stereocenters. The Balaban J connectivity index is 1.79. The molecule has 0 aromatic heterocycles.